The fourth-order valence-electron chi connectivity index (χ4n) is 2.82. The van der Waals surface area contributed by atoms with Gasteiger partial charge in [-0.05, 0) is 47.0 Å². The lowest BCUT2D eigenvalue weighted by Gasteiger charge is -2.21. The first-order chi connectivity index (χ1) is 10.2. The molecule has 0 N–H and O–H groups in total. The highest BCUT2D eigenvalue weighted by Gasteiger charge is 2.17. The number of nitrogens with zero attached hydrogens (tertiary/aromatic N) is 3. The summed E-state index contributed by atoms with van der Waals surface area (Å²) in [6.07, 6.45) is 10.3. The number of carbonyl (C=O) groups excluding carboxylic acids is 1. The van der Waals surface area contributed by atoms with Gasteiger partial charge in [0.15, 0.2) is 5.78 Å². The number of Topliss-reactive ketones (excluding diaryl/α,β-unsaturated/α-hetero) is 1. The molecule has 1 aliphatic carbocycles. The van der Waals surface area contributed by atoms with Gasteiger partial charge < -0.3 is 0 Å². The monoisotopic (exact) mass is 347 g/mol. The Morgan fingerprint density at radius 3 is 2.76 bits per heavy atom. The second-order valence-electron chi connectivity index (χ2n) is 5.54. The van der Waals surface area contributed by atoms with E-state index in [1.54, 1.807) is 12.3 Å². The molecule has 4 nitrogen and oxygen atoms in total. The third-order valence-electron chi connectivity index (χ3n) is 3.97. The van der Waals surface area contributed by atoms with Gasteiger partial charge in [0.2, 0.25) is 0 Å². The van der Waals surface area contributed by atoms with E-state index in [1.807, 2.05) is 23.0 Å². The molecule has 0 unspecified atom stereocenters. The molecule has 0 aliphatic heterocycles. The molecule has 2 aromatic heterocycles. The SMILES string of the molecule is O=C(Cc1ccn(C2CCCCC2)n1)c1ccc(Br)cn1. The molecular formula is C16H18BrN3O. The summed E-state index contributed by atoms with van der Waals surface area (Å²) in [5.41, 5.74) is 1.32. The van der Waals surface area contributed by atoms with Crippen LogP contribution in [0.4, 0.5) is 0 Å². The number of pyridine rings is 1. The Labute approximate surface area is 132 Å². The third kappa shape index (κ3) is 3.59. The minimum absolute atomic E-state index is 0.0106. The van der Waals surface area contributed by atoms with Crippen LogP contribution in [0.25, 0.3) is 0 Å². The van der Waals surface area contributed by atoms with Crippen LogP contribution in [-0.2, 0) is 6.42 Å². The van der Waals surface area contributed by atoms with Gasteiger partial charge in [-0.25, -0.2) is 0 Å². The normalized spacial score (nSPS) is 16.0. The molecule has 5 heteroatoms. The average molecular weight is 348 g/mol. The van der Waals surface area contributed by atoms with Crippen molar-refractivity contribution in [3.8, 4) is 0 Å². The van der Waals surface area contributed by atoms with E-state index in [9.17, 15) is 4.79 Å². The van der Waals surface area contributed by atoms with Crippen molar-refractivity contribution in [1.82, 2.24) is 14.8 Å². The van der Waals surface area contributed by atoms with Gasteiger partial charge in [0.05, 0.1) is 18.2 Å². The minimum Gasteiger partial charge on any atom is -0.292 e. The first-order valence-corrected chi connectivity index (χ1v) is 8.20. The molecule has 0 bridgehead atoms. The van der Waals surface area contributed by atoms with Crippen molar-refractivity contribution in [1.29, 1.82) is 0 Å². The van der Waals surface area contributed by atoms with E-state index in [-0.39, 0.29) is 5.78 Å². The van der Waals surface area contributed by atoms with Gasteiger partial charge >= 0.3 is 0 Å². The van der Waals surface area contributed by atoms with E-state index in [1.165, 1.54) is 32.1 Å². The fraction of sp³-hybridized carbons (Fsp3) is 0.438. The van der Waals surface area contributed by atoms with E-state index >= 15 is 0 Å². The molecule has 1 aliphatic rings. The van der Waals surface area contributed by atoms with Crippen molar-refractivity contribution in [2.75, 3.05) is 0 Å². The van der Waals surface area contributed by atoms with Crippen LogP contribution in [0, 0.1) is 0 Å². The lowest BCUT2D eigenvalue weighted by atomic mass is 9.96. The first-order valence-electron chi connectivity index (χ1n) is 7.41. The molecule has 0 radical (unpaired) electrons. The van der Waals surface area contributed by atoms with E-state index in [0.717, 1.165) is 10.2 Å². The van der Waals surface area contributed by atoms with Gasteiger partial charge in [-0.1, -0.05) is 19.3 Å². The molecule has 110 valence electrons. The molecule has 0 aromatic carbocycles. The van der Waals surface area contributed by atoms with Gasteiger partial charge in [-0.15, -0.1) is 0 Å². The minimum atomic E-state index is 0.0106. The quantitative estimate of drug-likeness (QED) is 0.786. The average Bonchev–Trinajstić information content (AvgIpc) is 2.97. The van der Waals surface area contributed by atoms with Crippen LogP contribution in [0.5, 0.6) is 0 Å². The van der Waals surface area contributed by atoms with Crippen LogP contribution in [0.3, 0.4) is 0 Å². The Kier molecular flexibility index (Phi) is 4.48. The molecule has 1 saturated carbocycles. The molecule has 0 saturated heterocycles. The molecule has 0 amide bonds. The van der Waals surface area contributed by atoms with Crippen molar-refractivity contribution < 1.29 is 4.79 Å². The Morgan fingerprint density at radius 2 is 2.05 bits per heavy atom. The number of ketones is 1. The Balaban J connectivity index is 1.66. The van der Waals surface area contributed by atoms with Crippen LogP contribution in [0.2, 0.25) is 0 Å². The number of rotatable bonds is 4. The highest BCUT2D eigenvalue weighted by atomic mass is 79.9. The van der Waals surface area contributed by atoms with Crippen molar-refractivity contribution in [2.45, 2.75) is 44.6 Å². The van der Waals surface area contributed by atoms with Gasteiger partial charge in [-0.2, -0.15) is 5.10 Å². The second-order valence-corrected chi connectivity index (χ2v) is 6.46. The molecule has 2 aromatic rings. The number of aromatic nitrogens is 3. The van der Waals surface area contributed by atoms with Gasteiger partial charge in [0.1, 0.15) is 5.69 Å². The van der Waals surface area contributed by atoms with E-state index in [2.05, 4.69) is 26.0 Å². The topological polar surface area (TPSA) is 47.8 Å². The van der Waals surface area contributed by atoms with Crippen LogP contribution >= 0.6 is 15.9 Å². The molecule has 1 fully saturated rings. The van der Waals surface area contributed by atoms with Crippen molar-refractivity contribution >= 4 is 21.7 Å². The largest absolute Gasteiger partial charge is 0.292 e. The summed E-state index contributed by atoms with van der Waals surface area (Å²) in [7, 11) is 0. The maximum absolute atomic E-state index is 12.2. The summed E-state index contributed by atoms with van der Waals surface area (Å²) in [5, 5.41) is 4.58. The number of carbonyl (C=O) groups is 1. The summed E-state index contributed by atoms with van der Waals surface area (Å²) in [5.74, 6) is 0.0106. The summed E-state index contributed by atoms with van der Waals surface area (Å²) in [4.78, 5) is 16.3. The Morgan fingerprint density at radius 1 is 1.24 bits per heavy atom. The molecular weight excluding hydrogens is 330 g/mol. The van der Waals surface area contributed by atoms with Gasteiger partial charge in [-0.3, -0.25) is 14.5 Å². The zero-order valence-corrected chi connectivity index (χ0v) is 13.4. The van der Waals surface area contributed by atoms with Crippen molar-refractivity contribution in [3.63, 3.8) is 0 Å². The molecule has 0 spiro atoms. The highest BCUT2D eigenvalue weighted by molar-refractivity contribution is 9.10. The zero-order valence-electron chi connectivity index (χ0n) is 11.8. The van der Waals surface area contributed by atoms with Crippen molar-refractivity contribution in [3.05, 3.63) is 46.5 Å². The standard InChI is InChI=1S/C16H18BrN3O/c17-12-6-7-15(18-11-12)16(21)10-13-8-9-20(19-13)14-4-2-1-3-5-14/h6-9,11,14H,1-5,10H2. The number of hydrogen-bond donors (Lipinski definition) is 0. The smallest absolute Gasteiger partial charge is 0.187 e. The van der Waals surface area contributed by atoms with E-state index in [0.29, 0.717) is 18.2 Å². The van der Waals surface area contributed by atoms with Gasteiger partial charge in [0.25, 0.3) is 0 Å². The number of halogens is 1. The fourth-order valence-corrected chi connectivity index (χ4v) is 3.05. The van der Waals surface area contributed by atoms with E-state index in [4.69, 9.17) is 0 Å². The van der Waals surface area contributed by atoms with E-state index < -0.39 is 0 Å². The molecule has 0 atom stereocenters. The lowest BCUT2D eigenvalue weighted by molar-refractivity contribution is 0.0987. The maximum atomic E-state index is 12.2. The van der Waals surface area contributed by atoms with Crippen molar-refractivity contribution in [2.24, 2.45) is 0 Å². The van der Waals surface area contributed by atoms with Crippen LogP contribution in [-0.4, -0.2) is 20.5 Å². The first kappa shape index (κ1) is 14.4. The predicted molar refractivity (Wildman–Crippen MR) is 84.3 cm³/mol. The number of hydrogen-bond acceptors (Lipinski definition) is 3. The zero-order chi connectivity index (χ0) is 14.7. The van der Waals surface area contributed by atoms with Crippen LogP contribution in [0.1, 0.15) is 54.3 Å². The Hall–Kier alpha value is -1.49. The highest BCUT2D eigenvalue weighted by Crippen LogP contribution is 2.27. The lowest BCUT2D eigenvalue weighted by Crippen LogP contribution is -2.14. The molecule has 2 heterocycles. The summed E-state index contributed by atoms with van der Waals surface area (Å²) < 4.78 is 2.91. The second kappa shape index (κ2) is 6.52. The Bertz CT molecular complexity index is 615. The molecule has 21 heavy (non-hydrogen) atoms. The maximum Gasteiger partial charge on any atom is 0.187 e. The summed E-state index contributed by atoms with van der Waals surface area (Å²) >= 11 is 3.32. The van der Waals surface area contributed by atoms with Crippen LogP contribution < -0.4 is 0 Å². The third-order valence-corrected chi connectivity index (χ3v) is 4.44. The van der Waals surface area contributed by atoms with Gasteiger partial charge in [0, 0.05) is 16.9 Å². The predicted octanol–water partition coefficient (Wildman–Crippen LogP) is 3.97. The molecule has 3 rings (SSSR count). The van der Waals surface area contributed by atoms with Crippen LogP contribution in [0.15, 0.2) is 35.1 Å². The summed E-state index contributed by atoms with van der Waals surface area (Å²) in [6.45, 7) is 0. The summed E-state index contributed by atoms with van der Waals surface area (Å²) in [6, 6.07) is 6.03.